The predicted molar refractivity (Wildman–Crippen MR) is 51.9 cm³/mol. The van der Waals surface area contributed by atoms with Gasteiger partial charge in [-0.25, -0.2) is 0 Å². The average molecular weight is 184 g/mol. The standard InChI is InChI=1S/C10H18NO2/c1-6-7-11(3,4)8-9(2)10(12)13-5/h1,9H,7-8H2,2-5H3/q+1/t9-/m1/s1. The van der Waals surface area contributed by atoms with Crippen LogP contribution < -0.4 is 0 Å². The summed E-state index contributed by atoms with van der Waals surface area (Å²) in [6, 6.07) is 0. The maximum Gasteiger partial charge on any atom is 0.314 e. The molecular weight excluding hydrogens is 166 g/mol. The first kappa shape index (κ1) is 12.0. The lowest BCUT2D eigenvalue weighted by atomic mass is 10.1. The SMILES string of the molecule is C#CC[N+](C)(C)C[C@@H](C)C(=O)OC. The minimum absolute atomic E-state index is 0.103. The van der Waals surface area contributed by atoms with Crippen molar-refractivity contribution < 1.29 is 14.0 Å². The van der Waals surface area contributed by atoms with Crippen molar-refractivity contribution in [2.75, 3.05) is 34.3 Å². The van der Waals surface area contributed by atoms with Crippen molar-refractivity contribution in [2.45, 2.75) is 6.92 Å². The Morgan fingerprint density at radius 3 is 2.54 bits per heavy atom. The Labute approximate surface area is 80.3 Å². The van der Waals surface area contributed by atoms with E-state index in [4.69, 9.17) is 6.42 Å². The number of ether oxygens (including phenoxy) is 1. The van der Waals surface area contributed by atoms with Gasteiger partial charge in [-0.2, -0.15) is 0 Å². The molecule has 0 unspecified atom stereocenters. The molecule has 0 amide bonds. The zero-order valence-electron chi connectivity index (χ0n) is 8.83. The molecule has 0 bridgehead atoms. The fraction of sp³-hybridized carbons (Fsp3) is 0.700. The van der Waals surface area contributed by atoms with Gasteiger partial charge < -0.3 is 9.22 Å². The molecule has 0 aliphatic rings. The number of hydrogen-bond donors (Lipinski definition) is 0. The number of quaternary nitrogens is 1. The lowest BCUT2D eigenvalue weighted by molar-refractivity contribution is -0.885. The number of hydrogen-bond acceptors (Lipinski definition) is 2. The van der Waals surface area contributed by atoms with Gasteiger partial charge in [0.15, 0.2) is 0 Å². The highest BCUT2D eigenvalue weighted by molar-refractivity contribution is 5.71. The molecule has 0 N–H and O–H groups in total. The van der Waals surface area contributed by atoms with Gasteiger partial charge in [-0.1, -0.05) is 0 Å². The highest BCUT2D eigenvalue weighted by atomic mass is 16.5. The normalized spacial score (nSPS) is 13.2. The molecule has 0 rings (SSSR count). The van der Waals surface area contributed by atoms with E-state index in [1.54, 1.807) is 0 Å². The van der Waals surface area contributed by atoms with Crippen LogP contribution in [0.15, 0.2) is 0 Å². The maximum atomic E-state index is 11.1. The third kappa shape index (κ3) is 4.54. The third-order valence-electron chi connectivity index (χ3n) is 1.89. The molecule has 13 heavy (non-hydrogen) atoms. The second-order valence-corrected chi connectivity index (χ2v) is 3.90. The molecule has 0 heterocycles. The largest absolute Gasteiger partial charge is 0.469 e. The number of carbonyl (C=O) groups excluding carboxylic acids is 1. The molecule has 0 saturated heterocycles. The van der Waals surface area contributed by atoms with Crippen LogP contribution in [0.25, 0.3) is 0 Å². The minimum Gasteiger partial charge on any atom is -0.469 e. The molecule has 1 atom stereocenters. The Balaban J connectivity index is 4.12. The van der Waals surface area contributed by atoms with E-state index in [9.17, 15) is 4.79 Å². The van der Waals surface area contributed by atoms with Gasteiger partial charge in [0, 0.05) is 0 Å². The van der Waals surface area contributed by atoms with Gasteiger partial charge in [0.2, 0.25) is 0 Å². The summed E-state index contributed by atoms with van der Waals surface area (Å²) < 4.78 is 5.28. The van der Waals surface area contributed by atoms with Crippen LogP contribution in [0.1, 0.15) is 6.92 Å². The average Bonchev–Trinajstić information content (AvgIpc) is 2.01. The second kappa shape index (κ2) is 4.88. The monoisotopic (exact) mass is 184 g/mol. The first-order valence-corrected chi connectivity index (χ1v) is 4.26. The van der Waals surface area contributed by atoms with E-state index in [1.165, 1.54) is 7.11 Å². The summed E-state index contributed by atoms with van der Waals surface area (Å²) in [4.78, 5) is 11.1. The van der Waals surface area contributed by atoms with Crippen molar-refractivity contribution in [1.29, 1.82) is 0 Å². The Morgan fingerprint density at radius 2 is 2.15 bits per heavy atom. The number of rotatable bonds is 4. The molecule has 0 aliphatic carbocycles. The van der Waals surface area contributed by atoms with E-state index in [0.717, 1.165) is 0 Å². The van der Waals surface area contributed by atoms with Gasteiger partial charge in [0.1, 0.15) is 12.5 Å². The minimum atomic E-state index is -0.178. The van der Waals surface area contributed by atoms with E-state index in [-0.39, 0.29) is 11.9 Å². The Bertz CT molecular complexity index is 215. The fourth-order valence-electron chi connectivity index (χ4n) is 1.33. The Kier molecular flexibility index (Phi) is 4.50. The lowest BCUT2D eigenvalue weighted by Gasteiger charge is -2.29. The number of terminal acetylenes is 1. The molecule has 0 radical (unpaired) electrons. The van der Waals surface area contributed by atoms with E-state index in [0.29, 0.717) is 17.6 Å². The number of esters is 1. The van der Waals surface area contributed by atoms with Crippen LogP contribution in [0.2, 0.25) is 0 Å². The van der Waals surface area contributed by atoms with Gasteiger partial charge in [0.25, 0.3) is 0 Å². The van der Waals surface area contributed by atoms with Gasteiger partial charge in [0.05, 0.1) is 27.7 Å². The summed E-state index contributed by atoms with van der Waals surface area (Å²) >= 11 is 0. The van der Waals surface area contributed by atoms with Gasteiger partial charge in [-0.05, 0) is 12.8 Å². The summed E-state index contributed by atoms with van der Waals surface area (Å²) in [5, 5.41) is 0. The third-order valence-corrected chi connectivity index (χ3v) is 1.89. The molecule has 3 nitrogen and oxygen atoms in total. The van der Waals surface area contributed by atoms with Crippen LogP contribution in [-0.4, -0.2) is 44.7 Å². The van der Waals surface area contributed by atoms with E-state index in [1.807, 2.05) is 21.0 Å². The highest BCUT2D eigenvalue weighted by Crippen LogP contribution is 2.06. The van der Waals surface area contributed by atoms with Crippen molar-refractivity contribution in [3.63, 3.8) is 0 Å². The van der Waals surface area contributed by atoms with Crippen LogP contribution in [-0.2, 0) is 9.53 Å². The summed E-state index contributed by atoms with van der Waals surface area (Å²) in [7, 11) is 5.40. The fourth-order valence-corrected chi connectivity index (χ4v) is 1.33. The lowest BCUT2D eigenvalue weighted by Crippen LogP contribution is -2.44. The molecule has 0 spiro atoms. The van der Waals surface area contributed by atoms with E-state index in [2.05, 4.69) is 10.7 Å². The molecule has 0 saturated carbocycles. The van der Waals surface area contributed by atoms with Gasteiger partial charge in [-0.3, -0.25) is 4.79 Å². The molecule has 0 aliphatic heterocycles. The van der Waals surface area contributed by atoms with Gasteiger partial charge in [-0.15, -0.1) is 6.42 Å². The van der Waals surface area contributed by atoms with Crippen molar-refractivity contribution in [3.05, 3.63) is 0 Å². The number of nitrogens with zero attached hydrogens (tertiary/aromatic N) is 1. The van der Waals surface area contributed by atoms with Crippen LogP contribution in [0.5, 0.6) is 0 Å². The zero-order chi connectivity index (χ0) is 10.5. The molecule has 3 heteroatoms. The Hall–Kier alpha value is -1.01. The zero-order valence-corrected chi connectivity index (χ0v) is 8.83. The summed E-state index contributed by atoms with van der Waals surface area (Å²) in [5.41, 5.74) is 0. The quantitative estimate of drug-likeness (QED) is 0.361. The van der Waals surface area contributed by atoms with Crippen molar-refractivity contribution >= 4 is 5.97 Å². The summed E-state index contributed by atoms with van der Waals surface area (Å²) in [6.45, 7) is 3.18. The van der Waals surface area contributed by atoms with Crippen LogP contribution in [0.4, 0.5) is 0 Å². The van der Waals surface area contributed by atoms with Crippen molar-refractivity contribution in [3.8, 4) is 12.3 Å². The van der Waals surface area contributed by atoms with Crippen LogP contribution in [0.3, 0.4) is 0 Å². The predicted octanol–water partition coefficient (Wildman–Crippen LogP) is 0.505. The topological polar surface area (TPSA) is 26.3 Å². The maximum absolute atomic E-state index is 11.1. The molecule has 0 aromatic carbocycles. The molecule has 0 fully saturated rings. The number of methoxy groups -OCH3 is 1. The first-order chi connectivity index (χ1) is 5.93. The van der Waals surface area contributed by atoms with Crippen molar-refractivity contribution in [2.24, 2.45) is 5.92 Å². The van der Waals surface area contributed by atoms with E-state index < -0.39 is 0 Å². The molecule has 0 aromatic heterocycles. The summed E-state index contributed by atoms with van der Waals surface area (Å²) in [5.74, 6) is 2.31. The molecule has 0 aromatic rings. The number of carbonyl (C=O) groups is 1. The second-order valence-electron chi connectivity index (χ2n) is 3.90. The summed E-state index contributed by atoms with van der Waals surface area (Å²) in [6.07, 6.45) is 5.22. The smallest absolute Gasteiger partial charge is 0.314 e. The van der Waals surface area contributed by atoms with Crippen LogP contribution in [0, 0.1) is 18.3 Å². The molecular formula is C10H18NO2+. The Morgan fingerprint density at radius 1 is 1.62 bits per heavy atom. The van der Waals surface area contributed by atoms with Crippen molar-refractivity contribution in [1.82, 2.24) is 0 Å². The van der Waals surface area contributed by atoms with Gasteiger partial charge >= 0.3 is 5.97 Å². The molecule has 74 valence electrons. The first-order valence-electron chi connectivity index (χ1n) is 4.26. The van der Waals surface area contributed by atoms with E-state index >= 15 is 0 Å². The highest BCUT2D eigenvalue weighted by Gasteiger charge is 2.23. The van der Waals surface area contributed by atoms with Crippen LogP contribution >= 0.6 is 0 Å².